The normalized spacial score (nSPS) is 36.3. The van der Waals surface area contributed by atoms with E-state index in [9.17, 15) is 0 Å². The van der Waals surface area contributed by atoms with Gasteiger partial charge in [-0.3, -0.25) is 4.90 Å². The molecule has 3 unspecified atom stereocenters. The largest absolute Gasteiger partial charge is 0.310 e. The van der Waals surface area contributed by atoms with Crippen LogP contribution >= 0.6 is 0 Å². The molecule has 2 nitrogen and oxygen atoms in total. The number of nitrogens with one attached hydrogen (secondary N) is 1. The topological polar surface area (TPSA) is 15.3 Å². The van der Waals surface area contributed by atoms with E-state index in [2.05, 4.69) is 24.1 Å². The Balaban J connectivity index is 1.51. The number of hydrogen-bond donors (Lipinski definition) is 1. The Bertz CT molecular complexity index is 258. The van der Waals surface area contributed by atoms with Gasteiger partial charge in [-0.15, -0.1) is 0 Å². The van der Waals surface area contributed by atoms with Crippen LogP contribution in [0.5, 0.6) is 0 Å². The summed E-state index contributed by atoms with van der Waals surface area (Å²) in [6, 6.07) is 2.35. The molecule has 1 saturated heterocycles. The standard InChI is InChI=1S/C16H30N2/c1-12(2)18(10-13-7-8-13)11-15-9-14-5-3-4-6-16(14)17-15/h12-17H,3-11H2,1-2H3. The first kappa shape index (κ1) is 12.9. The molecule has 18 heavy (non-hydrogen) atoms. The Hall–Kier alpha value is -0.0800. The van der Waals surface area contributed by atoms with Gasteiger partial charge in [0.05, 0.1) is 0 Å². The van der Waals surface area contributed by atoms with Gasteiger partial charge in [0.2, 0.25) is 0 Å². The Kier molecular flexibility index (Phi) is 3.95. The van der Waals surface area contributed by atoms with Crippen molar-refractivity contribution < 1.29 is 0 Å². The van der Waals surface area contributed by atoms with Gasteiger partial charge in [-0.25, -0.2) is 0 Å². The van der Waals surface area contributed by atoms with Crippen LogP contribution in [0, 0.1) is 11.8 Å². The Labute approximate surface area is 113 Å². The van der Waals surface area contributed by atoms with E-state index < -0.39 is 0 Å². The Morgan fingerprint density at radius 2 is 1.83 bits per heavy atom. The summed E-state index contributed by atoms with van der Waals surface area (Å²) < 4.78 is 0. The fraction of sp³-hybridized carbons (Fsp3) is 1.00. The summed E-state index contributed by atoms with van der Waals surface area (Å²) >= 11 is 0. The van der Waals surface area contributed by atoms with Crippen LogP contribution in [0.3, 0.4) is 0 Å². The van der Waals surface area contributed by atoms with Crippen LogP contribution in [0.25, 0.3) is 0 Å². The van der Waals surface area contributed by atoms with Crippen LogP contribution in [0.1, 0.15) is 58.8 Å². The third-order valence-electron chi connectivity index (χ3n) is 5.32. The van der Waals surface area contributed by atoms with Gasteiger partial charge in [0.1, 0.15) is 0 Å². The lowest BCUT2D eigenvalue weighted by Gasteiger charge is -2.29. The van der Waals surface area contributed by atoms with Gasteiger partial charge >= 0.3 is 0 Å². The molecule has 0 amide bonds. The molecule has 3 rings (SSSR count). The van der Waals surface area contributed by atoms with Gasteiger partial charge in [-0.2, -0.15) is 0 Å². The number of nitrogens with zero attached hydrogens (tertiary/aromatic N) is 1. The van der Waals surface area contributed by atoms with E-state index in [-0.39, 0.29) is 0 Å². The van der Waals surface area contributed by atoms with E-state index in [1.807, 2.05) is 0 Å². The minimum absolute atomic E-state index is 0.718. The smallest absolute Gasteiger partial charge is 0.0201 e. The van der Waals surface area contributed by atoms with Gasteiger partial charge in [0.15, 0.2) is 0 Å². The van der Waals surface area contributed by atoms with Gasteiger partial charge in [-0.1, -0.05) is 12.8 Å². The van der Waals surface area contributed by atoms with E-state index in [1.165, 1.54) is 58.0 Å². The van der Waals surface area contributed by atoms with Crippen molar-refractivity contribution in [1.29, 1.82) is 0 Å². The van der Waals surface area contributed by atoms with Crippen LogP contribution in [0.4, 0.5) is 0 Å². The second-order valence-corrected chi connectivity index (χ2v) is 7.24. The quantitative estimate of drug-likeness (QED) is 0.807. The van der Waals surface area contributed by atoms with Crippen LogP contribution in [-0.4, -0.2) is 36.1 Å². The molecule has 0 radical (unpaired) electrons. The molecule has 0 spiro atoms. The summed E-state index contributed by atoms with van der Waals surface area (Å²) in [5.41, 5.74) is 0. The predicted octanol–water partition coefficient (Wildman–Crippen LogP) is 3.03. The molecule has 0 aromatic rings. The number of rotatable bonds is 5. The molecule has 0 aromatic heterocycles. The highest BCUT2D eigenvalue weighted by Gasteiger charge is 2.36. The summed E-state index contributed by atoms with van der Waals surface area (Å²) in [5, 5.41) is 3.93. The average molecular weight is 250 g/mol. The fourth-order valence-electron chi connectivity index (χ4n) is 3.98. The Morgan fingerprint density at radius 3 is 2.50 bits per heavy atom. The lowest BCUT2D eigenvalue weighted by Crippen LogP contribution is -2.43. The van der Waals surface area contributed by atoms with E-state index in [0.717, 1.165) is 30.0 Å². The number of hydrogen-bond acceptors (Lipinski definition) is 2. The summed E-state index contributed by atoms with van der Waals surface area (Å²) in [5.74, 6) is 2.02. The maximum absolute atomic E-state index is 3.93. The third-order valence-corrected chi connectivity index (χ3v) is 5.32. The van der Waals surface area contributed by atoms with E-state index in [0.29, 0.717) is 0 Å². The van der Waals surface area contributed by atoms with Gasteiger partial charge < -0.3 is 5.32 Å². The molecule has 0 bridgehead atoms. The second kappa shape index (κ2) is 5.50. The van der Waals surface area contributed by atoms with Crippen molar-refractivity contribution in [2.45, 2.75) is 76.9 Å². The first-order chi connectivity index (χ1) is 8.72. The lowest BCUT2D eigenvalue weighted by molar-refractivity contribution is 0.192. The highest BCUT2D eigenvalue weighted by atomic mass is 15.2. The van der Waals surface area contributed by atoms with Crippen molar-refractivity contribution >= 4 is 0 Å². The van der Waals surface area contributed by atoms with E-state index >= 15 is 0 Å². The number of fused-ring (bicyclic) bond motifs is 1. The molecule has 1 aliphatic heterocycles. The molecule has 104 valence electrons. The van der Waals surface area contributed by atoms with Gasteiger partial charge in [0.25, 0.3) is 0 Å². The molecule has 2 saturated carbocycles. The van der Waals surface area contributed by atoms with Crippen LogP contribution < -0.4 is 5.32 Å². The molecule has 3 fully saturated rings. The maximum Gasteiger partial charge on any atom is 0.0201 e. The minimum Gasteiger partial charge on any atom is -0.310 e. The van der Waals surface area contributed by atoms with Gasteiger partial charge in [-0.05, 0) is 57.8 Å². The highest BCUT2D eigenvalue weighted by Crippen LogP contribution is 2.34. The van der Waals surface area contributed by atoms with Gasteiger partial charge in [0, 0.05) is 31.2 Å². The zero-order valence-corrected chi connectivity index (χ0v) is 12.2. The Morgan fingerprint density at radius 1 is 1.06 bits per heavy atom. The van der Waals surface area contributed by atoms with Crippen molar-refractivity contribution in [3.63, 3.8) is 0 Å². The SMILES string of the molecule is CC(C)N(CC1CC1)CC1CC2CCCCC2N1. The lowest BCUT2D eigenvalue weighted by atomic mass is 9.85. The van der Waals surface area contributed by atoms with E-state index in [4.69, 9.17) is 0 Å². The monoisotopic (exact) mass is 250 g/mol. The zero-order chi connectivity index (χ0) is 12.5. The molecule has 1 N–H and O–H groups in total. The third kappa shape index (κ3) is 3.08. The average Bonchev–Trinajstić information content (AvgIpc) is 3.06. The van der Waals surface area contributed by atoms with Crippen molar-refractivity contribution in [1.82, 2.24) is 10.2 Å². The highest BCUT2D eigenvalue weighted by molar-refractivity contribution is 4.94. The first-order valence-corrected chi connectivity index (χ1v) is 8.22. The molecular weight excluding hydrogens is 220 g/mol. The summed E-state index contributed by atoms with van der Waals surface area (Å²) in [7, 11) is 0. The van der Waals surface area contributed by atoms with Crippen molar-refractivity contribution in [3.05, 3.63) is 0 Å². The van der Waals surface area contributed by atoms with Crippen molar-refractivity contribution in [3.8, 4) is 0 Å². The molecule has 2 aliphatic carbocycles. The maximum atomic E-state index is 3.93. The van der Waals surface area contributed by atoms with Crippen LogP contribution in [0.15, 0.2) is 0 Å². The summed E-state index contributed by atoms with van der Waals surface area (Å²) in [6.45, 7) is 7.38. The predicted molar refractivity (Wildman–Crippen MR) is 76.7 cm³/mol. The molecule has 2 heteroatoms. The van der Waals surface area contributed by atoms with Crippen LogP contribution in [0.2, 0.25) is 0 Å². The van der Waals surface area contributed by atoms with Crippen molar-refractivity contribution in [2.75, 3.05) is 13.1 Å². The van der Waals surface area contributed by atoms with Crippen LogP contribution in [-0.2, 0) is 0 Å². The molecule has 3 aliphatic rings. The minimum atomic E-state index is 0.718. The molecule has 1 heterocycles. The second-order valence-electron chi connectivity index (χ2n) is 7.24. The summed E-state index contributed by atoms with van der Waals surface area (Å²) in [4.78, 5) is 2.73. The fourth-order valence-corrected chi connectivity index (χ4v) is 3.98. The first-order valence-electron chi connectivity index (χ1n) is 8.22. The molecular formula is C16H30N2. The summed E-state index contributed by atoms with van der Waals surface area (Å²) in [6.07, 6.45) is 10.3. The molecule has 0 aromatic carbocycles. The zero-order valence-electron chi connectivity index (χ0n) is 12.2. The van der Waals surface area contributed by atoms with Crippen molar-refractivity contribution in [2.24, 2.45) is 11.8 Å². The molecule has 3 atom stereocenters. The van der Waals surface area contributed by atoms with E-state index in [1.54, 1.807) is 0 Å².